The number of rotatable bonds is 48. The zero-order valence-corrected chi connectivity index (χ0v) is 93.8. The first kappa shape index (κ1) is 123. The number of unbranched alkanes of at least 4 members (excludes halogenated alkanes) is 9. The smallest absolute Gasteiger partial charge is 0.0678 e. The molecule has 0 aromatic heterocycles. The second kappa shape index (κ2) is 77.5. The van der Waals surface area contributed by atoms with Crippen molar-refractivity contribution < 1.29 is 4.74 Å². The summed E-state index contributed by atoms with van der Waals surface area (Å²) in [5, 5.41) is 0. The Morgan fingerprint density at radius 2 is 0.496 bits per heavy atom. The monoisotopic (exact) mass is 1860 g/mol. The normalized spacial score (nSPS) is 20.4. The van der Waals surface area contributed by atoms with Gasteiger partial charge in [0, 0.05) is 157 Å². The van der Waals surface area contributed by atoms with Crippen LogP contribution in [0.2, 0.25) is 0 Å². The fourth-order valence-electron chi connectivity index (χ4n) is 20.1. The first-order valence-electron chi connectivity index (χ1n) is 58.0. The zero-order chi connectivity index (χ0) is 97.2. The standard InChI is InChI=1S/C16H25N.C15H30N2.C15H23N.C14H30N2.C13H27NO.2C12H26N2.C12H25N.C10H21N/c1-14(2)7-5-6-11-17-12-10-15-8-3-4-9-16(15)13-17;1-14(2)5-3-4-8-16-9-11-17(12-10-16)13-15-6-7-15;1-13(2)7-5-6-10-16-11-14-8-3-4-9-15(14)12-16;1-13(2)7-5-6-8-15-9-11-16(12-10-15)14(3)4;1-11(2)7-5-6-8-14-9-12(3)15-13(4)10-14;2*1-12(2)6-4-5-7-14-10-8-13(3)9-11-14;1-12(2)8-4-7-11-13-9-5-3-6-10-13;1-10(2)6-3-4-7-11-8-5-9-11/h3-4,8-9,14H,5-7,10-13H2,1-2H3;14-15H,3-13H2,1-2H3;3-4,8-9,13H,5-7,10-12H2,1-2H3;13-14H,5-12H2,1-4H3;11-13H,5-10H2,1-4H3;2*12H,4-11H2,1-3H3;12H,3-11H2,1-2H3;10H,3-9H2,1-2H3/t;;;;12-,13+;;;;. The number of hydrogen-bond acceptors (Lipinski definition) is 14. The van der Waals surface area contributed by atoms with Gasteiger partial charge < -0.3 is 48.8 Å². The van der Waals surface area contributed by atoms with E-state index in [2.05, 4.69) is 279 Å². The van der Waals surface area contributed by atoms with Crippen LogP contribution in [-0.4, -0.2) is 312 Å². The van der Waals surface area contributed by atoms with Crippen LogP contribution in [0.15, 0.2) is 48.5 Å². The van der Waals surface area contributed by atoms with Crippen molar-refractivity contribution in [1.29, 1.82) is 0 Å². The Morgan fingerprint density at radius 3 is 0.789 bits per heavy atom. The minimum absolute atomic E-state index is 0.416. The van der Waals surface area contributed by atoms with Gasteiger partial charge in [0.05, 0.1) is 12.2 Å². The van der Waals surface area contributed by atoms with Crippen molar-refractivity contribution in [2.75, 3.05) is 230 Å². The first-order valence-corrected chi connectivity index (χ1v) is 58.0. The second-order valence-corrected chi connectivity index (χ2v) is 47.7. The third-order valence-electron chi connectivity index (χ3n) is 29.6. The molecule has 8 fully saturated rings. The van der Waals surface area contributed by atoms with Crippen LogP contribution in [0.1, 0.15) is 386 Å². The molecule has 1 saturated carbocycles. The van der Waals surface area contributed by atoms with Gasteiger partial charge in [0.2, 0.25) is 0 Å². The third-order valence-corrected chi connectivity index (χ3v) is 29.6. The van der Waals surface area contributed by atoms with E-state index in [1.807, 2.05) is 0 Å². The Hall–Kier alpha value is -2.12. The van der Waals surface area contributed by atoms with Gasteiger partial charge in [0.25, 0.3) is 0 Å². The van der Waals surface area contributed by atoms with Gasteiger partial charge in [0.1, 0.15) is 0 Å². The van der Waals surface area contributed by atoms with E-state index in [0.29, 0.717) is 12.2 Å². The van der Waals surface area contributed by atoms with Crippen LogP contribution in [0.3, 0.4) is 0 Å². The summed E-state index contributed by atoms with van der Waals surface area (Å²) >= 11 is 0. The van der Waals surface area contributed by atoms with E-state index in [4.69, 9.17) is 4.74 Å². The van der Waals surface area contributed by atoms with Crippen LogP contribution in [0.5, 0.6) is 0 Å². The van der Waals surface area contributed by atoms with E-state index in [1.54, 1.807) is 11.1 Å². The molecule has 2 atom stereocenters. The molecule has 0 N–H and O–H groups in total. The van der Waals surface area contributed by atoms with Crippen molar-refractivity contribution >= 4 is 0 Å². The summed E-state index contributed by atoms with van der Waals surface area (Å²) in [7, 11) is 4.44. The molecule has 133 heavy (non-hydrogen) atoms. The Morgan fingerprint density at radius 1 is 0.248 bits per heavy atom. The largest absolute Gasteiger partial charge is 0.373 e. The van der Waals surface area contributed by atoms with Crippen LogP contribution in [-0.2, 0) is 30.8 Å². The maximum Gasteiger partial charge on any atom is 0.0678 e. The predicted octanol–water partition coefficient (Wildman–Crippen LogP) is 26.2. The molecule has 7 saturated heterocycles. The van der Waals surface area contributed by atoms with Crippen LogP contribution in [0, 0.1) is 59.2 Å². The molecule has 14 heteroatoms. The molecule has 12 rings (SSSR count). The molecule has 0 bridgehead atoms. The average Bonchev–Trinajstić information content (AvgIpc) is 1.67. The highest BCUT2D eigenvalue weighted by molar-refractivity contribution is 5.30. The van der Waals surface area contributed by atoms with Crippen LogP contribution >= 0.6 is 0 Å². The summed E-state index contributed by atoms with van der Waals surface area (Å²) in [6, 6.07) is 18.5. The van der Waals surface area contributed by atoms with Crippen molar-refractivity contribution in [2.45, 2.75) is 409 Å². The Kier molecular flexibility index (Phi) is 71.7. The van der Waals surface area contributed by atoms with Crippen molar-refractivity contribution in [1.82, 2.24) is 63.7 Å². The lowest BCUT2D eigenvalue weighted by atomic mass is 9.99. The van der Waals surface area contributed by atoms with Crippen LogP contribution in [0.4, 0.5) is 0 Å². The van der Waals surface area contributed by atoms with Gasteiger partial charge in [-0.15, -0.1) is 0 Å². The summed E-state index contributed by atoms with van der Waals surface area (Å²) in [4.78, 5) is 33.6. The number of piperidine rings is 1. The van der Waals surface area contributed by atoms with E-state index >= 15 is 0 Å². The van der Waals surface area contributed by atoms with Gasteiger partial charge in [-0.25, -0.2) is 0 Å². The maximum absolute atomic E-state index is 5.72. The molecule has 0 spiro atoms. The topological polar surface area (TPSA) is 51.4 Å². The third kappa shape index (κ3) is 67.9. The number of fused-ring (bicyclic) bond motifs is 2. The number of hydrogen-bond donors (Lipinski definition) is 0. The first-order chi connectivity index (χ1) is 63.9. The summed E-state index contributed by atoms with van der Waals surface area (Å²) in [5.74, 6) is 8.92. The van der Waals surface area contributed by atoms with Gasteiger partial charge in [-0.05, 0) is 305 Å². The minimum Gasteiger partial charge on any atom is -0.373 e. The highest BCUT2D eigenvalue weighted by Gasteiger charge is 2.28. The average molecular weight is 1860 g/mol. The fourth-order valence-corrected chi connectivity index (χ4v) is 20.1. The molecule has 0 amide bonds. The highest BCUT2D eigenvalue weighted by Crippen LogP contribution is 2.31. The SMILES string of the molecule is CC(C)CCCCN1CCC1.CC(C)CCCCN1CCCCC1.CC(C)CCCCN1CCN(C(C)C)CC1.CC(C)CCCCN1CCN(C)CC1.CC(C)CCCCN1CCN(C)CC1.CC(C)CCCCN1CCN(CC2CC2)CC1.CC(C)CCCCN1CCc2ccccc2C1.CC(C)CCCCN1C[C@@H](C)O[C@@H](C)C1.CC(C)CCCCN1Cc2ccccc2C1. The quantitative estimate of drug-likeness (QED) is 0.0591. The number of nitrogens with zero attached hydrogens (tertiary/aromatic N) is 13. The lowest BCUT2D eigenvalue weighted by Crippen LogP contribution is -2.48. The Labute approximate surface area is 832 Å². The van der Waals surface area contributed by atoms with E-state index in [0.717, 1.165) is 97.9 Å². The van der Waals surface area contributed by atoms with Crippen molar-refractivity contribution in [3.05, 3.63) is 70.8 Å². The number of likely N-dealkylation sites (tertiary alicyclic amines) is 2. The summed E-state index contributed by atoms with van der Waals surface area (Å²) in [6.07, 6.45) is 48.4. The number of ether oxygens (including phenoxy) is 1. The molecule has 780 valence electrons. The van der Waals surface area contributed by atoms with Gasteiger partial charge in [-0.1, -0.05) is 295 Å². The molecule has 0 unspecified atom stereocenters. The van der Waals surface area contributed by atoms with E-state index in [1.165, 1.54) is 432 Å². The Balaban J connectivity index is 0.000000314. The molecular formula is C119H233N13O. The number of morpholine rings is 1. The maximum atomic E-state index is 5.72. The van der Waals surface area contributed by atoms with E-state index in [9.17, 15) is 0 Å². The number of piperazine rings is 4. The molecule has 2 aromatic carbocycles. The Bertz CT molecular complexity index is 2820. The van der Waals surface area contributed by atoms with Gasteiger partial charge in [-0.2, -0.15) is 0 Å². The molecule has 10 aliphatic rings. The van der Waals surface area contributed by atoms with E-state index in [-0.39, 0.29) is 0 Å². The molecule has 0 radical (unpaired) electrons. The van der Waals surface area contributed by atoms with Gasteiger partial charge >= 0.3 is 0 Å². The molecule has 1 aliphatic carbocycles. The lowest BCUT2D eigenvalue weighted by molar-refractivity contribution is -0.0682. The lowest BCUT2D eigenvalue weighted by Gasteiger charge is -2.36. The zero-order valence-electron chi connectivity index (χ0n) is 93.8. The van der Waals surface area contributed by atoms with Crippen molar-refractivity contribution in [2.24, 2.45) is 59.2 Å². The summed E-state index contributed by atoms with van der Waals surface area (Å²) in [5.41, 5.74) is 6.17. The van der Waals surface area contributed by atoms with Crippen molar-refractivity contribution in [3.63, 3.8) is 0 Å². The summed E-state index contributed by atoms with van der Waals surface area (Å²) < 4.78 is 5.72. The molecular weight excluding hydrogens is 1630 g/mol. The highest BCUT2D eigenvalue weighted by atomic mass is 16.5. The van der Waals surface area contributed by atoms with Crippen LogP contribution in [0.25, 0.3) is 0 Å². The number of benzene rings is 2. The van der Waals surface area contributed by atoms with Gasteiger partial charge in [0.15, 0.2) is 0 Å². The molecule has 9 heterocycles. The second-order valence-electron chi connectivity index (χ2n) is 47.7. The predicted molar refractivity (Wildman–Crippen MR) is 589 cm³/mol. The van der Waals surface area contributed by atoms with Gasteiger partial charge in [-0.3, -0.25) is 19.6 Å². The molecule has 14 nitrogen and oxygen atoms in total. The van der Waals surface area contributed by atoms with Crippen molar-refractivity contribution in [3.8, 4) is 0 Å². The minimum atomic E-state index is 0.416. The van der Waals surface area contributed by atoms with E-state index < -0.39 is 0 Å². The van der Waals surface area contributed by atoms with Crippen LogP contribution < -0.4 is 0 Å². The molecule has 2 aromatic rings. The summed E-state index contributed by atoms with van der Waals surface area (Å²) in [6.45, 7) is 96.7. The number of likely N-dealkylation sites (N-methyl/N-ethyl adjacent to an activating group) is 2. The molecule has 9 aliphatic heterocycles. The fraction of sp³-hybridized carbons (Fsp3) is 0.899.